The van der Waals surface area contributed by atoms with Gasteiger partial charge in [-0.15, -0.1) is 0 Å². The Hall–Kier alpha value is -2.69. The summed E-state index contributed by atoms with van der Waals surface area (Å²) in [5.74, 6) is 2.26. The summed E-state index contributed by atoms with van der Waals surface area (Å²) in [6.45, 7) is 5.80. The smallest absolute Gasteiger partial charge is 0.157 e. The zero-order valence-corrected chi connectivity index (χ0v) is 13.2. The predicted octanol–water partition coefficient (Wildman–Crippen LogP) is 3.65. The van der Waals surface area contributed by atoms with Crippen LogP contribution in [-0.4, -0.2) is 16.8 Å². The summed E-state index contributed by atoms with van der Waals surface area (Å²) in [7, 11) is 1.66. The van der Waals surface area contributed by atoms with Crippen LogP contribution in [0.2, 0.25) is 0 Å². The highest BCUT2D eigenvalue weighted by atomic mass is 16.5. The summed E-state index contributed by atoms with van der Waals surface area (Å²) in [6, 6.07) is 9.98. The van der Waals surface area contributed by atoms with Crippen molar-refractivity contribution in [3.63, 3.8) is 0 Å². The van der Waals surface area contributed by atoms with Gasteiger partial charge >= 0.3 is 0 Å². The Morgan fingerprint density at radius 2 is 1.82 bits per heavy atom. The van der Waals surface area contributed by atoms with E-state index in [9.17, 15) is 0 Å². The van der Waals surface area contributed by atoms with Crippen molar-refractivity contribution in [1.29, 1.82) is 0 Å². The molecule has 0 spiro atoms. The topological polar surface area (TPSA) is 66.2 Å². The van der Waals surface area contributed by atoms with Crippen LogP contribution in [0.25, 0.3) is 16.9 Å². The fourth-order valence-electron chi connectivity index (χ4n) is 2.66. The molecule has 0 amide bonds. The first-order valence-corrected chi connectivity index (χ1v) is 7.08. The molecule has 0 aliphatic rings. The molecule has 0 unspecified atom stereocenters. The first kappa shape index (κ1) is 14.3. The molecule has 22 heavy (non-hydrogen) atoms. The predicted molar refractivity (Wildman–Crippen MR) is 86.4 cm³/mol. The van der Waals surface area contributed by atoms with Crippen LogP contribution < -0.4 is 10.5 Å². The molecule has 0 fully saturated rings. The van der Waals surface area contributed by atoms with Gasteiger partial charge in [-0.25, -0.2) is 0 Å². The van der Waals surface area contributed by atoms with Crippen molar-refractivity contribution in [3.05, 3.63) is 47.3 Å². The van der Waals surface area contributed by atoms with E-state index in [1.54, 1.807) is 7.11 Å². The lowest BCUT2D eigenvalue weighted by molar-refractivity contribution is 0.393. The normalized spacial score (nSPS) is 10.9. The Morgan fingerprint density at radius 1 is 1.14 bits per heavy atom. The number of hydrogen-bond acceptors (Lipinski definition) is 4. The number of hydrogen-bond donors (Lipinski definition) is 1. The summed E-state index contributed by atoms with van der Waals surface area (Å²) < 4.78 is 12.5. The third-order valence-electron chi connectivity index (χ3n) is 3.84. The van der Waals surface area contributed by atoms with Gasteiger partial charge in [-0.05, 0) is 62.2 Å². The van der Waals surface area contributed by atoms with Gasteiger partial charge in [0.25, 0.3) is 0 Å². The summed E-state index contributed by atoms with van der Waals surface area (Å²) in [5, 5.41) is 4.03. The van der Waals surface area contributed by atoms with Crippen molar-refractivity contribution in [2.45, 2.75) is 20.8 Å². The van der Waals surface area contributed by atoms with Crippen molar-refractivity contribution in [1.82, 2.24) is 9.72 Å². The number of nitrogen functional groups attached to an aromatic ring is 1. The molecule has 2 heterocycles. The number of aromatic nitrogens is 2. The summed E-state index contributed by atoms with van der Waals surface area (Å²) >= 11 is 0. The van der Waals surface area contributed by atoms with E-state index >= 15 is 0 Å². The minimum absolute atomic E-state index is 0.695. The van der Waals surface area contributed by atoms with Gasteiger partial charge in [-0.2, -0.15) is 0 Å². The highest BCUT2D eigenvalue weighted by molar-refractivity contribution is 5.71. The van der Waals surface area contributed by atoms with Gasteiger partial charge in [0.2, 0.25) is 0 Å². The van der Waals surface area contributed by atoms with Gasteiger partial charge in [0, 0.05) is 0 Å². The van der Waals surface area contributed by atoms with Crippen molar-refractivity contribution in [2.24, 2.45) is 0 Å². The first-order valence-electron chi connectivity index (χ1n) is 7.08. The second-order valence-corrected chi connectivity index (χ2v) is 5.33. The maximum Gasteiger partial charge on any atom is 0.157 e. The van der Waals surface area contributed by atoms with Crippen LogP contribution in [0.3, 0.4) is 0 Å². The molecule has 0 aliphatic carbocycles. The fraction of sp³-hybridized carbons (Fsp3) is 0.235. The van der Waals surface area contributed by atoms with E-state index in [0.717, 1.165) is 39.7 Å². The molecular formula is C17H19N3O2. The lowest BCUT2D eigenvalue weighted by Crippen LogP contribution is -2.04. The fourth-order valence-corrected chi connectivity index (χ4v) is 2.66. The molecule has 2 N–H and O–H groups in total. The lowest BCUT2D eigenvalue weighted by Gasteiger charge is -2.11. The standard InChI is InChI=1S/C17H19N3O2/c1-10-9-15(13-5-7-14(21-4)8-6-13)20(17(10)18)16-11(2)19-22-12(16)3/h5-9H,18H2,1-4H3. The third kappa shape index (κ3) is 2.15. The molecule has 2 aromatic heterocycles. The molecule has 0 bridgehead atoms. The SMILES string of the molecule is COc1ccc(-c2cc(C)c(N)n2-c2c(C)noc2C)cc1. The second kappa shape index (κ2) is 5.26. The largest absolute Gasteiger partial charge is 0.497 e. The minimum Gasteiger partial charge on any atom is -0.497 e. The second-order valence-electron chi connectivity index (χ2n) is 5.33. The lowest BCUT2D eigenvalue weighted by atomic mass is 10.1. The van der Waals surface area contributed by atoms with Crippen LogP contribution >= 0.6 is 0 Å². The number of benzene rings is 1. The number of rotatable bonds is 3. The summed E-state index contributed by atoms with van der Waals surface area (Å²) in [6.07, 6.45) is 0. The van der Waals surface area contributed by atoms with Crippen LogP contribution in [0.1, 0.15) is 17.0 Å². The van der Waals surface area contributed by atoms with Gasteiger partial charge < -0.3 is 15.0 Å². The van der Waals surface area contributed by atoms with E-state index in [0.29, 0.717) is 5.82 Å². The number of ether oxygens (including phenoxy) is 1. The Kier molecular flexibility index (Phi) is 3.41. The minimum atomic E-state index is 0.695. The van der Waals surface area contributed by atoms with Crippen LogP contribution in [-0.2, 0) is 0 Å². The van der Waals surface area contributed by atoms with Gasteiger partial charge in [0.15, 0.2) is 5.76 Å². The molecule has 0 atom stereocenters. The zero-order valence-electron chi connectivity index (χ0n) is 13.2. The Balaban J connectivity index is 2.22. The van der Waals surface area contributed by atoms with Crippen LogP contribution in [0.5, 0.6) is 5.75 Å². The van der Waals surface area contributed by atoms with Crippen LogP contribution in [0.4, 0.5) is 5.82 Å². The maximum absolute atomic E-state index is 6.29. The molecule has 5 nitrogen and oxygen atoms in total. The first-order chi connectivity index (χ1) is 10.5. The molecule has 0 radical (unpaired) electrons. The molecule has 114 valence electrons. The highest BCUT2D eigenvalue weighted by Gasteiger charge is 2.19. The van der Waals surface area contributed by atoms with Gasteiger partial charge in [-0.3, -0.25) is 4.57 Å². The number of anilines is 1. The van der Waals surface area contributed by atoms with Crippen molar-refractivity contribution < 1.29 is 9.26 Å². The van der Waals surface area contributed by atoms with E-state index in [2.05, 4.69) is 11.2 Å². The molecule has 0 saturated heterocycles. The van der Waals surface area contributed by atoms with E-state index in [1.807, 2.05) is 49.6 Å². The Bertz CT molecular complexity index is 794. The molecule has 5 heteroatoms. The molecular weight excluding hydrogens is 278 g/mol. The van der Waals surface area contributed by atoms with E-state index < -0.39 is 0 Å². The Morgan fingerprint density at radius 3 is 2.36 bits per heavy atom. The van der Waals surface area contributed by atoms with Crippen molar-refractivity contribution in [2.75, 3.05) is 12.8 Å². The summed E-state index contributed by atoms with van der Waals surface area (Å²) in [4.78, 5) is 0. The van der Waals surface area contributed by atoms with Gasteiger partial charge in [0.05, 0.1) is 12.8 Å². The summed E-state index contributed by atoms with van der Waals surface area (Å²) in [5.41, 5.74) is 11.1. The monoisotopic (exact) mass is 297 g/mol. The number of nitrogens with zero attached hydrogens (tertiary/aromatic N) is 2. The molecule has 0 aliphatic heterocycles. The zero-order chi connectivity index (χ0) is 15.9. The average Bonchev–Trinajstić information content (AvgIpc) is 3.00. The van der Waals surface area contributed by atoms with E-state index in [-0.39, 0.29) is 0 Å². The molecule has 0 saturated carbocycles. The van der Waals surface area contributed by atoms with E-state index in [1.165, 1.54) is 0 Å². The van der Waals surface area contributed by atoms with Crippen molar-refractivity contribution >= 4 is 5.82 Å². The quantitative estimate of drug-likeness (QED) is 0.801. The average molecular weight is 297 g/mol. The Labute approximate surface area is 129 Å². The molecule has 3 aromatic rings. The number of aryl methyl sites for hydroxylation is 3. The van der Waals surface area contributed by atoms with Gasteiger partial charge in [-0.1, -0.05) is 5.16 Å². The van der Waals surface area contributed by atoms with Crippen LogP contribution in [0.15, 0.2) is 34.9 Å². The molecule has 3 rings (SSSR count). The maximum atomic E-state index is 6.29. The van der Waals surface area contributed by atoms with Crippen LogP contribution in [0, 0.1) is 20.8 Å². The third-order valence-corrected chi connectivity index (χ3v) is 3.84. The number of nitrogens with two attached hydrogens (primary N) is 1. The number of methoxy groups -OCH3 is 1. The van der Waals surface area contributed by atoms with E-state index in [4.69, 9.17) is 15.0 Å². The van der Waals surface area contributed by atoms with Gasteiger partial charge in [0.1, 0.15) is 22.9 Å². The van der Waals surface area contributed by atoms with Crippen molar-refractivity contribution in [3.8, 4) is 22.7 Å². The molecule has 1 aromatic carbocycles. The highest BCUT2D eigenvalue weighted by Crippen LogP contribution is 2.34.